The molecule has 1 heterocycles. The zero-order valence-corrected chi connectivity index (χ0v) is 13.4. The zero-order chi connectivity index (χ0) is 16.2. The first kappa shape index (κ1) is 16.0. The second kappa shape index (κ2) is 7.13. The molecule has 1 aromatic rings. The van der Waals surface area contributed by atoms with Crippen molar-refractivity contribution in [2.45, 2.75) is 50.6 Å². The fourth-order valence-corrected chi connectivity index (χ4v) is 3.68. The van der Waals surface area contributed by atoms with E-state index in [0.29, 0.717) is 19.4 Å². The lowest BCUT2D eigenvalue weighted by Crippen LogP contribution is -2.52. The van der Waals surface area contributed by atoms with Crippen molar-refractivity contribution in [3.8, 4) is 0 Å². The van der Waals surface area contributed by atoms with E-state index in [-0.39, 0.29) is 23.8 Å². The minimum atomic E-state index is -0.408. The molecule has 1 unspecified atom stereocenters. The molecule has 2 aliphatic rings. The molecule has 23 heavy (non-hydrogen) atoms. The van der Waals surface area contributed by atoms with Gasteiger partial charge in [0.2, 0.25) is 11.8 Å². The van der Waals surface area contributed by atoms with Gasteiger partial charge in [-0.3, -0.25) is 9.59 Å². The van der Waals surface area contributed by atoms with Crippen LogP contribution in [-0.2, 0) is 9.59 Å². The Morgan fingerprint density at radius 3 is 2.65 bits per heavy atom. The van der Waals surface area contributed by atoms with Crippen molar-refractivity contribution in [1.82, 2.24) is 5.32 Å². The van der Waals surface area contributed by atoms with Gasteiger partial charge in [-0.25, -0.2) is 0 Å². The standard InChI is InChI=1S/C18H25N3O2/c19-15-9-4-6-13(15)12-17(22)20-16-10-5-11-21(18(16)23)14-7-2-1-3-8-14/h1-3,7-8,13,15-16H,4-6,9-12,19H2,(H,20,22)/t13-,15+,16?/m0/s1. The number of hydrogen-bond acceptors (Lipinski definition) is 3. The van der Waals surface area contributed by atoms with Gasteiger partial charge in [0.25, 0.3) is 0 Å². The summed E-state index contributed by atoms with van der Waals surface area (Å²) in [5.41, 5.74) is 6.93. The molecule has 1 aromatic carbocycles. The fraction of sp³-hybridized carbons (Fsp3) is 0.556. The third-order valence-electron chi connectivity index (χ3n) is 5.01. The highest BCUT2D eigenvalue weighted by Gasteiger charge is 2.32. The van der Waals surface area contributed by atoms with Crippen molar-refractivity contribution in [2.75, 3.05) is 11.4 Å². The SMILES string of the molecule is N[C@@H]1CCC[C@H]1CC(=O)NC1CCCN(c2ccccc2)C1=O. The monoisotopic (exact) mass is 315 g/mol. The van der Waals surface area contributed by atoms with Crippen molar-refractivity contribution in [1.29, 1.82) is 0 Å². The van der Waals surface area contributed by atoms with E-state index in [1.807, 2.05) is 30.3 Å². The number of para-hydroxylation sites is 1. The predicted molar refractivity (Wildman–Crippen MR) is 89.9 cm³/mol. The molecule has 5 heteroatoms. The Labute approximate surface area is 137 Å². The number of carbonyl (C=O) groups is 2. The van der Waals surface area contributed by atoms with Gasteiger partial charge in [-0.1, -0.05) is 24.6 Å². The van der Waals surface area contributed by atoms with Gasteiger partial charge >= 0.3 is 0 Å². The van der Waals surface area contributed by atoms with Gasteiger partial charge in [0.15, 0.2) is 0 Å². The maximum absolute atomic E-state index is 12.6. The molecular formula is C18H25N3O2. The summed E-state index contributed by atoms with van der Waals surface area (Å²) in [7, 11) is 0. The Hall–Kier alpha value is -1.88. The van der Waals surface area contributed by atoms with Crippen LogP contribution in [0.1, 0.15) is 38.5 Å². The summed E-state index contributed by atoms with van der Waals surface area (Å²) in [6.45, 7) is 0.711. The number of amides is 2. The lowest BCUT2D eigenvalue weighted by Gasteiger charge is -2.33. The number of hydrogen-bond donors (Lipinski definition) is 2. The summed E-state index contributed by atoms with van der Waals surface area (Å²) in [6, 6.07) is 9.36. The number of anilines is 1. The lowest BCUT2D eigenvalue weighted by atomic mass is 9.98. The highest BCUT2D eigenvalue weighted by atomic mass is 16.2. The molecule has 0 aromatic heterocycles. The fourth-order valence-electron chi connectivity index (χ4n) is 3.68. The van der Waals surface area contributed by atoms with Crippen LogP contribution in [-0.4, -0.2) is 30.4 Å². The van der Waals surface area contributed by atoms with Crippen LogP contribution in [0.5, 0.6) is 0 Å². The second-order valence-electron chi connectivity index (χ2n) is 6.65. The molecule has 2 fully saturated rings. The number of piperidine rings is 1. The molecular weight excluding hydrogens is 290 g/mol. The molecule has 3 atom stereocenters. The molecule has 1 aliphatic carbocycles. The zero-order valence-electron chi connectivity index (χ0n) is 13.4. The van der Waals surface area contributed by atoms with Gasteiger partial charge in [0.05, 0.1) is 0 Å². The van der Waals surface area contributed by atoms with E-state index in [2.05, 4.69) is 5.32 Å². The quantitative estimate of drug-likeness (QED) is 0.890. The first-order chi connectivity index (χ1) is 11.1. The summed E-state index contributed by atoms with van der Waals surface area (Å²) in [6.07, 6.45) is 5.17. The number of carbonyl (C=O) groups excluding carboxylic acids is 2. The third-order valence-corrected chi connectivity index (χ3v) is 5.01. The van der Waals surface area contributed by atoms with Gasteiger partial charge < -0.3 is 16.0 Å². The number of nitrogens with one attached hydrogen (secondary N) is 1. The first-order valence-electron chi connectivity index (χ1n) is 8.56. The van der Waals surface area contributed by atoms with Gasteiger partial charge in [0, 0.05) is 24.7 Å². The predicted octanol–water partition coefficient (Wildman–Crippen LogP) is 1.82. The Bertz CT molecular complexity index is 561. The molecule has 3 N–H and O–H groups in total. The van der Waals surface area contributed by atoms with Crippen LogP contribution in [0, 0.1) is 5.92 Å². The highest BCUT2D eigenvalue weighted by Crippen LogP contribution is 2.27. The van der Waals surface area contributed by atoms with Gasteiger partial charge in [-0.05, 0) is 43.7 Å². The molecule has 3 rings (SSSR count). The minimum absolute atomic E-state index is 0.00785. The summed E-state index contributed by atoms with van der Waals surface area (Å²) in [5.74, 6) is 0.214. The minimum Gasteiger partial charge on any atom is -0.344 e. The maximum atomic E-state index is 12.6. The van der Waals surface area contributed by atoms with Crippen LogP contribution in [0.2, 0.25) is 0 Å². The molecule has 0 bridgehead atoms. The first-order valence-corrected chi connectivity index (χ1v) is 8.56. The molecule has 0 spiro atoms. The van der Waals surface area contributed by atoms with Crippen molar-refractivity contribution >= 4 is 17.5 Å². The van der Waals surface area contributed by atoms with Crippen LogP contribution in [0.3, 0.4) is 0 Å². The van der Waals surface area contributed by atoms with Crippen LogP contribution in [0.15, 0.2) is 30.3 Å². The summed E-state index contributed by atoms with van der Waals surface area (Å²) in [4.78, 5) is 26.7. The molecule has 0 radical (unpaired) electrons. The van der Waals surface area contributed by atoms with Gasteiger partial charge in [-0.2, -0.15) is 0 Å². The van der Waals surface area contributed by atoms with Crippen LogP contribution >= 0.6 is 0 Å². The number of nitrogens with two attached hydrogens (primary N) is 1. The van der Waals surface area contributed by atoms with Crippen molar-refractivity contribution < 1.29 is 9.59 Å². The average molecular weight is 315 g/mol. The number of rotatable bonds is 4. The van der Waals surface area contributed by atoms with E-state index in [1.54, 1.807) is 4.90 Å². The summed E-state index contributed by atoms with van der Waals surface area (Å²) in [5, 5.41) is 2.93. The van der Waals surface area contributed by atoms with E-state index in [9.17, 15) is 9.59 Å². The van der Waals surface area contributed by atoms with Crippen LogP contribution < -0.4 is 16.0 Å². The topological polar surface area (TPSA) is 75.4 Å². The van der Waals surface area contributed by atoms with E-state index in [1.165, 1.54) is 0 Å². The Morgan fingerprint density at radius 2 is 1.96 bits per heavy atom. The smallest absolute Gasteiger partial charge is 0.249 e. The number of benzene rings is 1. The summed E-state index contributed by atoms with van der Waals surface area (Å²) >= 11 is 0. The lowest BCUT2D eigenvalue weighted by molar-refractivity contribution is -0.129. The van der Waals surface area contributed by atoms with Gasteiger partial charge in [-0.15, -0.1) is 0 Å². The molecule has 5 nitrogen and oxygen atoms in total. The largest absolute Gasteiger partial charge is 0.344 e. The Balaban J connectivity index is 1.59. The van der Waals surface area contributed by atoms with Crippen LogP contribution in [0.25, 0.3) is 0 Å². The third kappa shape index (κ3) is 3.72. The Kier molecular flexibility index (Phi) is 4.96. The molecule has 2 amide bonds. The van der Waals surface area contributed by atoms with Crippen molar-refractivity contribution in [3.05, 3.63) is 30.3 Å². The molecule has 1 saturated carbocycles. The number of nitrogens with zero attached hydrogens (tertiary/aromatic N) is 1. The van der Waals surface area contributed by atoms with E-state index < -0.39 is 6.04 Å². The highest BCUT2D eigenvalue weighted by molar-refractivity contribution is 5.99. The van der Waals surface area contributed by atoms with Crippen molar-refractivity contribution in [2.24, 2.45) is 11.7 Å². The molecule has 124 valence electrons. The Morgan fingerprint density at radius 1 is 1.17 bits per heavy atom. The molecule has 1 saturated heterocycles. The molecule has 1 aliphatic heterocycles. The summed E-state index contributed by atoms with van der Waals surface area (Å²) < 4.78 is 0. The van der Waals surface area contributed by atoms with E-state index in [4.69, 9.17) is 5.73 Å². The van der Waals surface area contributed by atoms with E-state index in [0.717, 1.165) is 31.4 Å². The van der Waals surface area contributed by atoms with Crippen molar-refractivity contribution in [3.63, 3.8) is 0 Å². The normalized spacial score (nSPS) is 28.0. The average Bonchev–Trinajstić information content (AvgIpc) is 2.95. The van der Waals surface area contributed by atoms with Gasteiger partial charge in [0.1, 0.15) is 6.04 Å². The van der Waals surface area contributed by atoms with E-state index >= 15 is 0 Å². The second-order valence-corrected chi connectivity index (χ2v) is 6.65. The van der Waals surface area contributed by atoms with Crippen LogP contribution in [0.4, 0.5) is 5.69 Å². The maximum Gasteiger partial charge on any atom is 0.249 e.